The molecule has 0 spiro atoms. The molecule has 19 heavy (non-hydrogen) atoms. The minimum absolute atomic E-state index is 0.115. The summed E-state index contributed by atoms with van der Waals surface area (Å²) < 4.78 is 1.11. The van der Waals surface area contributed by atoms with Crippen LogP contribution in [-0.4, -0.2) is 15.8 Å². The number of hydrogen-bond acceptors (Lipinski definition) is 6. The summed E-state index contributed by atoms with van der Waals surface area (Å²) in [5, 5.41) is 3.18. The van der Waals surface area contributed by atoms with Crippen molar-refractivity contribution in [3.05, 3.63) is 40.3 Å². The number of nitrogen functional groups attached to an aromatic ring is 1. The van der Waals surface area contributed by atoms with E-state index in [2.05, 4.69) is 9.97 Å². The molecule has 0 amide bonds. The highest BCUT2D eigenvalue weighted by Crippen LogP contribution is 2.22. The van der Waals surface area contributed by atoms with Gasteiger partial charge in [0.2, 0.25) is 0 Å². The highest BCUT2D eigenvalue weighted by Gasteiger charge is 2.11. The highest BCUT2D eigenvalue weighted by atomic mass is 32.1. The largest absolute Gasteiger partial charge is 0.375 e. The SMILES string of the molecule is Nc1nc(CC(=O)Cc2nc3ccccc3s2)cs1. The Hall–Kier alpha value is -1.79. The van der Waals surface area contributed by atoms with Gasteiger partial charge in [-0.2, -0.15) is 0 Å². The van der Waals surface area contributed by atoms with Crippen LogP contribution in [-0.2, 0) is 17.6 Å². The van der Waals surface area contributed by atoms with Gasteiger partial charge in [-0.15, -0.1) is 22.7 Å². The maximum atomic E-state index is 12.0. The number of aromatic nitrogens is 2. The zero-order valence-corrected chi connectivity index (χ0v) is 11.6. The Bertz CT molecular complexity index is 699. The molecule has 0 radical (unpaired) electrons. The van der Waals surface area contributed by atoms with Crippen molar-refractivity contribution in [3.63, 3.8) is 0 Å². The third-order valence-electron chi connectivity index (χ3n) is 2.63. The van der Waals surface area contributed by atoms with E-state index in [1.54, 1.807) is 11.3 Å². The first-order chi connectivity index (χ1) is 9.20. The van der Waals surface area contributed by atoms with Gasteiger partial charge in [0.05, 0.1) is 28.8 Å². The van der Waals surface area contributed by atoms with Crippen molar-refractivity contribution in [2.24, 2.45) is 0 Å². The summed E-state index contributed by atoms with van der Waals surface area (Å²) in [7, 11) is 0. The number of nitrogens with two attached hydrogens (primary N) is 1. The first-order valence-corrected chi connectivity index (χ1v) is 7.46. The molecule has 2 heterocycles. The molecule has 3 aromatic rings. The molecule has 0 saturated carbocycles. The standard InChI is InChI=1S/C13H11N3OS2/c14-13-15-8(7-18-13)5-9(17)6-12-16-10-3-1-2-4-11(10)19-12/h1-4,7H,5-6H2,(H2,14,15). The maximum Gasteiger partial charge on any atom is 0.180 e. The van der Waals surface area contributed by atoms with Crippen molar-refractivity contribution in [3.8, 4) is 0 Å². The van der Waals surface area contributed by atoms with Crippen molar-refractivity contribution in [2.45, 2.75) is 12.8 Å². The number of nitrogens with zero attached hydrogens (tertiary/aromatic N) is 2. The minimum atomic E-state index is 0.115. The lowest BCUT2D eigenvalue weighted by Gasteiger charge is -1.94. The van der Waals surface area contributed by atoms with Crippen LogP contribution >= 0.6 is 22.7 Å². The molecule has 3 rings (SSSR count). The van der Waals surface area contributed by atoms with Gasteiger partial charge >= 0.3 is 0 Å². The quantitative estimate of drug-likeness (QED) is 0.801. The second kappa shape index (κ2) is 5.07. The lowest BCUT2D eigenvalue weighted by Crippen LogP contribution is -2.06. The first kappa shape index (κ1) is 12.3. The van der Waals surface area contributed by atoms with Gasteiger partial charge in [0.1, 0.15) is 10.8 Å². The normalized spacial score (nSPS) is 10.9. The summed E-state index contributed by atoms with van der Waals surface area (Å²) in [6.07, 6.45) is 0.681. The smallest absolute Gasteiger partial charge is 0.180 e. The zero-order valence-electron chi connectivity index (χ0n) is 10.00. The number of carbonyl (C=O) groups excluding carboxylic acids is 1. The molecule has 6 heteroatoms. The molecule has 0 aliphatic heterocycles. The predicted octanol–water partition coefficient (Wildman–Crippen LogP) is 2.69. The lowest BCUT2D eigenvalue weighted by atomic mass is 10.2. The van der Waals surface area contributed by atoms with Crippen LogP contribution in [0.15, 0.2) is 29.6 Å². The molecule has 0 fully saturated rings. The molecule has 1 aromatic carbocycles. The van der Waals surface area contributed by atoms with Crippen LogP contribution in [0.2, 0.25) is 0 Å². The van der Waals surface area contributed by atoms with E-state index in [4.69, 9.17) is 5.73 Å². The molecule has 0 atom stereocenters. The fourth-order valence-corrected chi connectivity index (χ4v) is 3.39. The Labute approximate surface area is 117 Å². The Morgan fingerprint density at radius 1 is 1.21 bits per heavy atom. The van der Waals surface area contributed by atoms with E-state index < -0.39 is 0 Å². The van der Waals surface area contributed by atoms with Crippen molar-refractivity contribution in [2.75, 3.05) is 5.73 Å². The number of hydrogen-bond donors (Lipinski definition) is 1. The van der Waals surface area contributed by atoms with Gasteiger partial charge in [0, 0.05) is 5.38 Å². The fraction of sp³-hybridized carbons (Fsp3) is 0.154. The van der Waals surface area contributed by atoms with Crippen molar-refractivity contribution in [1.29, 1.82) is 0 Å². The molecule has 96 valence electrons. The van der Waals surface area contributed by atoms with Crippen LogP contribution in [0.1, 0.15) is 10.7 Å². The molecule has 0 unspecified atom stereocenters. The van der Waals surface area contributed by atoms with Crippen LogP contribution < -0.4 is 5.73 Å². The van der Waals surface area contributed by atoms with E-state index >= 15 is 0 Å². The van der Waals surface area contributed by atoms with Gasteiger partial charge in [0.15, 0.2) is 5.13 Å². The summed E-state index contributed by atoms with van der Waals surface area (Å²) in [5.41, 5.74) is 7.24. The van der Waals surface area contributed by atoms with Crippen molar-refractivity contribution in [1.82, 2.24) is 9.97 Å². The second-order valence-corrected chi connectivity index (χ2v) is 6.15. The van der Waals surface area contributed by atoms with E-state index in [1.807, 2.05) is 29.6 Å². The van der Waals surface area contributed by atoms with Gasteiger partial charge in [-0.1, -0.05) is 12.1 Å². The minimum Gasteiger partial charge on any atom is -0.375 e. The molecule has 2 N–H and O–H groups in total. The average Bonchev–Trinajstić information content (AvgIpc) is 2.94. The number of rotatable bonds is 4. The summed E-state index contributed by atoms with van der Waals surface area (Å²) >= 11 is 2.92. The number of para-hydroxylation sites is 1. The molecule has 4 nitrogen and oxygen atoms in total. The number of fused-ring (bicyclic) bond motifs is 1. The predicted molar refractivity (Wildman–Crippen MR) is 78.6 cm³/mol. The number of benzene rings is 1. The van der Waals surface area contributed by atoms with Crippen molar-refractivity contribution < 1.29 is 4.79 Å². The van der Waals surface area contributed by atoms with Gasteiger partial charge in [-0.05, 0) is 12.1 Å². The Balaban J connectivity index is 1.72. The van der Waals surface area contributed by atoms with E-state index in [0.717, 1.165) is 20.9 Å². The van der Waals surface area contributed by atoms with E-state index in [0.29, 0.717) is 18.0 Å². The molecule has 0 saturated heterocycles. The van der Waals surface area contributed by atoms with Crippen LogP contribution in [0.25, 0.3) is 10.2 Å². The molecular formula is C13H11N3OS2. The summed E-state index contributed by atoms with van der Waals surface area (Å²) in [4.78, 5) is 20.5. The molecule has 2 aromatic heterocycles. The number of anilines is 1. The first-order valence-electron chi connectivity index (χ1n) is 5.77. The molecule has 0 aliphatic rings. The van der Waals surface area contributed by atoms with Gasteiger partial charge in [-0.3, -0.25) is 4.79 Å². The van der Waals surface area contributed by atoms with Gasteiger partial charge in [0.25, 0.3) is 0 Å². The topological polar surface area (TPSA) is 68.9 Å². The number of thiazole rings is 2. The van der Waals surface area contributed by atoms with Crippen LogP contribution in [0.3, 0.4) is 0 Å². The maximum absolute atomic E-state index is 12.0. The fourth-order valence-electron chi connectivity index (χ4n) is 1.83. The number of ketones is 1. The summed E-state index contributed by atoms with van der Waals surface area (Å²) in [6, 6.07) is 7.90. The summed E-state index contributed by atoms with van der Waals surface area (Å²) in [5.74, 6) is 0.115. The van der Waals surface area contributed by atoms with Crippen LogP contribution in [0.5, 0.6) is 0 Å². The van der Waals surface area contributed by atoms with E-state index in [1.165, 1.54) is 11.3 Å². The van der Waals surface area contributed by atoms with E-state index in [-0.39, 0.29) is 5.78 Å². The highest BCUT2D eigenvalue weighted by molar-refractivity contribution is 7.18. The molecular weight excluding hydrogens is 278 g/mol. The zero-order chi connectivity index (χ0) is 13.2. The van der Waals surface area contributed by atoms with Crippen molar-refractivity contribution >= 4 is 43.8 Å². The van der Waals surface area contributed by atoms with Gasteiger partial charge in [-0.25, -0.2) is 9.97 Å². The van der Waals surface area contributed by atoms with Gasteiger partial charge < -0.3 is 5.73 Å². The van der Waals surface area contributed by atoms with E-state index in [9.17, 15) is 4.79 Å². The summed E-state index contributed by atoms with van der Waals surface area (Å²) in [6.45, 7) is 0. The number of Topliss-reactive ketones (excluding diaryl/α,β-unsaturated/α-hetero) is 1. The molecule has 0 bridgehead atoms. The Kier molecular flexibility index (Phi) is 3.27. The number of carbonyl (C=O) groups is 1. The Morgan fingerprint density at radius 2 is 2.05 bits per heavy atom. The average molecular weight is 289 g/mol. The lowest BCUT2D eigenvalue weighted by molar-refractivity contribution is -0.117. The van der Waals surface area contributed by atoms with Crippen LogP contribution in [0, 0.1) is 0 Å². The monoisotopic (exact) mass is 289 g/mol. The van der Waals surface area contributed by atoms with Crippen LogP contribution in [0.4, 0.5) is 5.13 Å². The third kappa shape index (κ3) is 2.80. The molecule has 0 aliphatic carbocycles. The third-order valence-corrected chi connectivity index (χ3v) is 4.39. The second-order valence-electron chi connectivity index (χ2n) is 4.14. The Morgan fingerprint density at radius 3 is 2.79 bits per heavy atom.